The van der Waals surface area contributed by atoms with Crippen LogP contribution >= 0.6 is 0 Å². The van der Waals surface area contributed by atoms with Crippen LogP contribution in [0.15, 0.2) is 54.7 Å². The van der Waals surface area contributed by atoms with Crippen LogP contribution < -0.4 is 5.32 Å². The summed E-state index contributed by atoms with van der Waals surface area (Å²) in [7, 11) is 0. The van der Waals surface area contributed by atoms with Gasteiger partial charge >= 0.3 is 0 Å². The molecule has 0 bridgehead atoms. The van der Waals surface area contributed by atoms with E-state index in [1.54, 1.807) is 6.07 Å². The first kappa shape index (κ1) is 15.9. The minimum atomic E-state index is -0.442. The number of fused-ring (bicyclic) bond motifs is 1. The molecule has 4 rings (SSSR count). The van der Waals surface area contributed by atoms with Crippen molar-refractivity contribution in [2.24, 2.45) is 0 Å². The molecular formula is C21H21FN2O. The lowest BCUT2D eigenvalue weighted by Crippen LogP contribution is -2.35. The van der Waals surface area contributed by atoms with Crippen molar-refractivity contribution in [2.45, 2.75) is 31.1 Å². The minimum absolute atomic E-state index is 0.0887. The number of nitrogens with one attached hydrogen (secondary N) is 2. The zero-order chi connectivity index (χ0) is 17.3. The number of rotatable bonds is 6. The maximum atomic E-state index is 13.4. The van der Waals surface area contributed by atoms with Gasteiger partial charge in [-0.15, -0.1) is 0 Å². The van der Waals surface area contributed by atoms with E-state index in [-0.39, 0.29) is 11.7 Å². The fourth-order valence-electron chi connectivity index (χ4n) is 3.55. The molecule has 1 aliphatic carbocycles. The number of aromatic nitrogens is 1. The average molecular weight is 336 g/mol. The summed E-state index contributed by atoms with van der Waals surface area (Å²) in [4.78, 5) is 15.8. The van der Waals surface area contributed by atoms with Crippen molar-refractivity contribution in [3.8, 4) is 0 Å². The topological polar surface area (TPSA) is 44.9 Å². The van der Waals surface area contributed by atoms with E-state index < -0.39 is 5.41 Å². The predicted molar refractivity (Wildman–Crippen MR) is 96.9 cm³/mol. The van der Waals surface area contributed by atoms with E-state index in [9.17, 15) is 9.18 Å². The fraction of sp³-hybridized carbons (Fsp3) is 0.286. The molecule has 0 saturated heterocycles. The van der Waals surface area contributed by atoms with Gasteiger partial charge in [0.2, 0.25) is 5.91 Å². The molecule has 0 atom stereocenters. The van der Waals surface area contributed by atoms with Crippen LogP contribution in [0.5, 0.6) is 0 Å². The Labute approximate surface area is 146 Å². The lowest BCUT2D eigenvalue weighted by atomic mass is 9.94. The Morgan fingerprint density at radius 2 is 1.96 bits per heavy atom. The number of carbonyl (C=O) groups is 1. The van der Waals surface area contributed by atoms with Gasteiger partial charge in [-0.05, 0) is 55.0 Å². The summed E-state index contributed by atoms with van der Waals surface area (Å²) in [5.41, 5.74) is 2.58. The Hall–Kier alpha value is -2.62. The third kappa shape index (κ3) is 3.04. The molecule has 128 valence electrons. The molecular weight excluding hydrogens is 315 g/mol. The molecule has 1 heterocycles. The maximum Gasteiger partial charge on any atom is 0.230 e. The normalized spacial score (nSPS) is 15.2. The molecule has 0 radical (unpaired) electrons. The number of amides is 1. The number of H-pyrrole nitrogens is 1. The van der Waals surface area contributed by atoms with Crippen LogP contribution in [0.2, 0.25) is 0 Å². The summed E-state index contributed by atoms with van der Waals surface area (Å²) < 4.78 is 13.4. The van der Waals surface area contributed by atoms with Gasteiger partial charge in [0, 0.05) is 23.6 Å². The first-order valence-corrected chi connectivity index (χ1v) is 8.78. The van der Waals surface area contributed by atoms with Crippen LogP contribution in [0.3, 0.4) is 0 Å². The zero-order valence-corrected chi connectivity index (χ0v) is 14.0. The third-order valence-electron chi connectivity index (χ3n) is 5.11. The van der Waals surface area contributed by atoms with Crippen molar-refractivity contribution in [2.75, 3.05) is 6.54 Å². The second kappa shape index (κ2) is 6.36. The molecule has 1 aliphatic rings. The number of benzene rings is 2. The van der Waals surface area contributed by atoms with Crippen LogP contribution in [-0.4, -0.2) is 17.4 Å². The summed E-state index contributed by atoms with van der Waals surface area (Å²) in [6.45, 7) is 0.673. The van der Waals surface area contributed by atoms with E-state index >= 15 is 0 Å². The van der Waals surface area contributed by atoms with Crippen LogP contribution in [-0.2, 0) is 16.6 Å². The van der Waals surface area contributed by atoms with E-state index in [0.717, 1.165) is 42.1 Å². The second-order valence-corrected chi connectivity index (χ2v) is 6.82. The van der Waals surface area contributed by atoms with Gasteiger partial charge in [0.15, 0.2) is 0 Å². The lowest BCUT2D eigenvalue weighted by molar-refractivity contribution is -0.123. The minimum Gasteiger partial charge on any atom is -0.361 e. The summed E-state index contributed by atoms with van der Waals surface area (Å²) in [5.74, 6) is -0.179. The molecule has 2 aromatic carbocycles. The van der Waals surface area contributed by atoms with Gasteiger partial charge in [0.05, 0.1) is 5.41 Å². The van der Waals surface area contributed by atoms with Gasteiger partial charge in [0.25, 0.3) is 0 Å². The van der Waals surface area contributed by atoms with Gasteiger partial charge in [0.1, 0.15) is 5.82 Å². The molecule has 3 aromatic rings. The predicted octanol–water partition coefficient (Wildman–Crippen LogP) is 4.09. The van der Waals surface area contributed by atoms with Crippen molar-refractivity contribution >= 4 is 16.8 Å². The highest BCUT2D eigenvalue weighted by Crippen LogP contribution is 2.50. The van der Waals surface area contributed by atoms with Crippen molar-refractivity contribution < 1.29 is 9.18 Å². The fourth-order valence-corrected chi connectivity index (χ4v) is 3.55. The van der Waals surface area contributed by atoms with Crippen LogP contribution in [0, 0.1) is 5.82 Å². The summed E-state index contributed by atoms with van der Waals surface area (Å²) in [6, 6.07) is 15.0. The molecule has 0 unspecified atom stereocenters. The number of carbonyl (C=O) groups excluding carboxylic acids is 1. The first-order chi connectivity index (χ1) is 12.2. The molecule has 2 N–H and O–H groups in total. The van der Waals surface area contributed by atoms with E-state index in [1.165, 1.54) is 17.7 Å². The standard InChI is InChI=1S/C21H21FN2O/c22-16-8-9-17-18(14-24-19(17)13-16)21(10-11-21)20(25)23-12-4-7-15-5-2-1-3-6-15/h1-3,5-6,8-9,13-14,24H,4,7,10-12H2,(H,23,25). The molecule has 0 spiro atoms. The van der Waals surface area contributed by atoms with Crippen molar-refractivity contribution in [1.29, 1.82) is 0 Å². The van der Waals surface area contributed by atoms with Gasteiger partial charge in [-0.1, -0.05) is 30.3 Å². The first-order valence-electron chi connectivity index (χ1n) is 8.78. The van der Waals surface area contributed by atoms with Crippen LogP contribution in [0.25, 0.3) is 10.9 Å². The molecule has 1 aromatic heterocycles. The Morgan fingerprint density at radius 1 is 1.16 bits per heavy atom. The number of aromatic amines is 1. The van der Waals surface area contributed by atoms with Gasteiger partial charge in [-0.2, -0.15) is 0 Å². The number of hydrogen-bond donors (Lipinski definition) is 2. The van der Waals surface area contributed by atoms with E-state index in [1.807, 2.05) is 24.4 Å². The molecule has 25 heavy (non-hydrogen) atoms. The van der Waals surface area contributed by atoms with Crippen LogP contribution in [0.4, 0.5) is 4.39 Å². The quantitative estimate of drug-likeness (QED) is 0.654. The summed E-state index contributed by atoms with van der Waals surface area (Å²) in [6.07, 6.45) is 5.44. The molecule has 1 amide bonds. The second-order valence-electron chi connectivity index (χ2n) is 6.82. The Balaban J connectivity index is 1.41. The Bertz CT molecular complexity index is 897. The SMILES string of the molecule is O=C(NCCCc1ccccc1)C1(c2c[nH]c3cc(F)ccc23)CC1. The molecule has 1 saturated carbocycles. The molecule has 1 fully saturated rings. The zero-order valence-electron chi connectivity index (χ0n) is 14.0. The number of hydrogen-bond acceptors (Lipinski definition) is 1. The van der Waals surface area contributed by atoms with E-state index in [4.69, 9.17) is 0 Å². The monoisotopic (exact) mass is 336 g/mol. The molecule has 0 aliphatic heterocycles. The van der Waals surface area contributed by atoms with E-state index in [2.05, 4.69) is 22.4 Å². The highest BCUT2D eigenvalue weighted by Gasteiger charge is 2.52. The Kier molecular flexibility index (Phi) is 4.04. The summed E-state index contributed by atoms with van der Waals surface area (Å²) in [5, 5.41) is 4.04. The van der Waals surface area contributed by atoms with Crippen molar-refractivity contribution in [1.82, 2.24) is 10.3 Å². The summed E-state index contributed by atoms with van der Waals surface area (Å²) >= 11 is 0. The number of aryl methyl sites for hydroxylation is 1. The van der Waals surface area contributed by atoms with Gasteiger partial charge < -0.3 is 10.3 Å². The highest BCUT2D eigenvalue weighted by molar-refractivity contribution is 5.97. The Morgan fingerprint density at radius 3 is 2.72 bits per heavy atom. The maximum absolute atomic E-state index is 13.4. The van der Waals surface area contributed by atoms with Gasteiger partial charge in [-0.3, -0.25) is 4.79 Å². The third-order valence-corrected chi connectivity index (χ3v) is 5.11. The average Bonchev–Trinajstić information content (AvgIpc) is 3.33. The lowest BCUT2D eigenvalue weighted by Gasteiger charge is -2.15. The largest absolute Gasteiger partial charge is 0.361 e. The van der Waals surface area contributed by atoms with Gasteiger partial charge in [-0.25, -0.2) is 4.39 Å². The van der Waals surface area contributed by atoms with Crippen molar-refractivity contribution in [3.63, 3.8) is 0 Å². The smallest absolute Gasteiger partial charge is 0.230 e. The van der Waals surface area contributed by atoms with Crippen LogP contribution in [0.1, 0.15) is 30.4 Å². The highest BCUT2D eigenvalue weighted by atomic mass is 19.1. The molecule has 3 nitrogen and oxygen atoms in total. The van der Waals surface area contributed by atoms with E-state index in [0.29, 0.717) is 6.54 Å². The molecule has 4 heteroatoms. The van der Waals surface area contributed by atoms with Crippen molar-refractivity contribution in [3.05, 3.63) is 71.7 Å². The number of halogens is 1.